The van der Waals surface area contributed by atoms with Crippen molar-refractivity contribution >= 4 is 18.0 Å². The van der Waals surface area contributed by atoms with Crippen molar-refractivity contribution in [1.29, 1.82) is 0 Å². The molecule has 1 atom stereocenters. The summed E-state index contributed by atoms with van der Waals surface area (Å²) in [4.78, 5) is 25.7. The highest BCUT2D eigenvalue weighted by Gasteiger charge is 2.21. The van der Waals surface area contributed by atoms with E-state index in [1.807, 2.05) is 32.0 Å². The summed E-state index contributed by atoms with van der Waals surface area (Å²) in [7, 11) is 0. The molecule has 1 aliphatic rings. The van der Waals surface area contributed by atoms with E-state index in [0.717, 1.165) is 18.4 Å². The molecule has 0 radical (unpaired) electrons. The number of hydrogen-bond acceptors (Lipinski definition) is 6. The fraction of sp³-hybridized carbons (Fsp3) is 0.545. The predicted molar refractivity (Wildman–Crippen MR) is 110 cm³/mol. The highest BCUT2D eigenvalue weighted by Crippen LogP contribution is 2.29. The van der Waals surface area contributed by atoms with Crippen LogP contribution in [0.5, 0.6) is 11.5 Å². The molecule has 1 aliphatic heterocycles. The zero-order chi connectivity index (χ0) is 21.1. The topological polar surface area (TPSA) is 74.3 Å². The van der Waals surface area contributed by atoms with Crippen molar-refractivity contribution in [3.05, 3.63) is 29.8 Å². The molecule has 160 valence electrons. The van der Waals surface area contributed by atoms with Crippen LogP contribution in [0.4, 0.5) is 0 Å². The zero-order valence-corrected chi connectivity index (χ0v) is 17.5. The maximum atomic E-state index is 12.1. The van der Waals surface area contributed by atoms with E-state index in [1.165, 1.54) is 6.08 Å². The van der Waals surface area contributed by atoms with Gasteiger partial charge in [0.15, 0.2) is 18.1 Å². The maximum Gasteiger partial charge on any atom is 0.331 e. The molecule has 1 aromatic carbocycles. The summed E-state index contributed by atoms with van der Waals surface area (Å²) in [6, 6.07) is 5.48. The van der Waals surface area contributed by atoms with Crippen LogP contribution in [0.2, 0.25) is 0 Å². The van der Waals surface area contributed by atoms with Crippen LogP contribution in [0.1, 0.15) is 39.2 Å². The van der Waals surface area contributed by atoms with Crippen molar-refractivity contribution in [3.63, 3.8) is 0 Å². The van der Waals surface area contributed by atoms with E-state index in [4.69, 9.17) is 18.9 Å². The minimum Gasteiger partial charge on any atom is -0.490 e. The lowest BCUT2D eigenvalue weighted by atomic mass is 10.2. The first-order valence-electron chi connectivity index (χ1n) is 10.2. The number of hydrogen-bond donors (Lipinski definition) is 0. The Morgan fingerprint density at radius 2 is 2.07 bits per heavy atom. The lowest BCUT2D eigenvalue weighted by molar-refractivity contribution is -0.151. The number of carbonyl (C=O) groups is 2. The molecule has 0 N–H and O–H groups in total. The molecular weight excluding hydrogens is 374 g/mol. The molecule has 1 unspecified atom stereocenters. The highest BCUT2D eigenvalue weighted by atomic mass is 16.5. The summed E-state index contributed by atoms with van der Waals surface area (Å²) in [5.74, 6) is 0.538. The molecule has 0 saturated carbocycles. The summed E-state index contributed by atoms with van der Waals surface area (Å²) in [6.45, 7) is 8.32. The first kappa shape index (κ1) is 22.7. The molecule has 7 nitrogen and oxygen atoms in total. The van der Waals surface area contributed by atoms with Gasteiger partial charge in [0, 0.05) is 19.2 Å². The van der Waals surface area contributed by atoms with Crippen LogP contribution < -0.4 is 9.47 Å². The second-order valence-electron chi connectivity index (χ2n) is 6.80. The lowest BCUT2D eigenvalue weighted by Gasteiger charge is -2.30. The minimum atomic E-state index is -0.569. The molecule has 0 bridgehead atoms. The Hall–Kier alpha value is -2.54. The summed E-state index contributed by atoms with van der Waals surface area (Å²) in [5, 5.41) is 0. The Kier molecular flexibility index (Phi) is 9.50. The van der Waals surface area contributed by atoms with E-state index in [-0.39, 0.29) is 18.6 Å². The smallest absolute Gasteiger partial charge is 0.331 e. The second kappa shape index (κ2) is 12.1. The largest absolute Gasteiger partial charge is 0.490 e. The minimum absolute atomic E-state index is 0.00300. The average molecular weight is 405 g/mol. The van der Waals surface area contributed by atoms with E-state index in [0.29, 0.717) is 44.4 Å². The van der Waals surface area contributed by atoms with Gasteiger partial charge >= 0.3 is 5.97 Å². The summed E-state index contributed by atoms with van der Waals surface area (Å²) < 4.78 is 21.9. The first-order valence-corrected chi connectivity index (χ1v) is 10.2. The number of carbonyl (C=O) groups excluding carboxylic acids is 2. The van der Waals surface area contributed by atoms with Gasteiger partial charge in [-0.3, -0.25) is 4.79 Å². The molecule has 0 aromatic heterocycles. The Labute approximate surface area is 172 Å². The van der Waals surface area contributed by atoms with Crippen molar-refractivity contribution in [3.8, 4) is 11.5 Å². The molecule has 1 saturated heterocycles. The highest BCUT2D eigenvalue weighted by molar-refractivity contribution is 5.89. The van der Waals surface area contributed by atoms with Gasteiger partial charge in [-0.15, -0.1) is 0 Å². The molecular formula is C22H31NO6. The Balaban J connectivity index is 1.88. The molecule has 1 heterocycles. The number of esters is 1. The van der Waals surface area contributed by atoms with E-state index in [9.17, 15) is 9.59 Å². The molecule has 1 aromatic rings. The van der Waals surface area contributed by atoms with Gasteiger partial charge in [-0.1, -0.05) is 19.4 Å². The van der Waals surface area contributed by atoms with Crippen LogP contribution in [-0.4, -0.2) is 62.4 Å². The number of benzene rings is 1. The van der Waals surface area contributed by atoms with Crippen molar-refractivity contribution in [2.75, 3.05) is 39.5 Å². The van der Waals surface area contributed by atoms with Gasteiger partial charge in [0.05, 0.1) is 25.9 Å². The van der Waals surface area contributed by atoms with Gasteiger partial charge in [0.1, 0.15) is 0 Å². The van der Waals surface area contributed by atoms with E-state index < -0.39 is 5.97 Å². The van der Waals surface area contributed by atoms with Crippen molar-refractivity contribution in [1.82, 2.24) is 4.90 Å². The Bertz CT molecular complexity index is 703. The van der Waals surface area contributed by atoms with E-state index in [2.05, 4.69) is 6.92 Å². The SMILES string of the molecule is CCCCOc1ccc(/C=C/C(=O)OCC(=O)N2CCOC(C)C2)cc1OCC. The number of nitrogens with zero attached hydrogens (tertiary/aromatic N) is 1. The van der Waals surface area contributed by atoms with Gasteiger partial charge in [-0.05, 0) is 44.0 Å². The van der Waals surface area contributed by atoms with Gasteiger partial charge in [-0.25, -0.2) is 4.79 Å². The van der Waals surface area contributed by atoms with Crippen LogP contribution in [0.15, 0.2) is 24.3 Å². The summed E-state index contributed by atoms with van der Waals surface area (Å²) in [5.41, 5.74) is 0.779. The third-order valence-electron chi connectivity index (χ3n) is 4.37. The number of amides is 1. The molecule has 2 rings (SSSR count). The third kappa shape index (κ3) is 7.77. The van der Waals surface area contributed by atoms with Crippen LogP contribution in [0.25, 0.3) is 6.08 Å². The Morgan fingerprint density at radius 3 is 2.79 bits per heavy atom. The fourth-order valence-corrected chi connectivity index (χ4v) is 2.82. The van der Waals surface area contributed by atoms with Crippen molar-refractivity contribution in [2.45, 2.75) is 39.7 Å². The molecule has 1 fully saturated rings. The molecule has 1 amide bonds. The first-order chi connectivity index (χ1) is 14.0. The van der Waals surface area contributed by atoms with Crippen LogP contribution in [0, 0.1) is 0 Å². The number of unbranched alkanes of at least 4 members (excludes halogenated alkanes) is 1. The van der Waals surface area contributed by atoms with Gasteiger partial charge in [0.25, 0.3) is 5.91 Å². The molecule has 0 spiro atoms. The Morgan fingerprint density at radius 1 is 1.24 bits per heavy atom. The van der Waals surface area contributed by atoms with Gasteiger partial charge in [-0.2, -0.15) is 0 Å². The zero-order valence-electron chi connectivity index (χ0n) is 17.5. The van der Waals surface area contributed by atoms with E-state index in [1.54, 1.807) is 11.0 Å². The van der Waals surface area contributed by atoms with Crippen LogP contribution in [-0.2, 0) is 19.1 Å². The van der Waals surface area contributed by atoms with Crippen LogP contribution >= 0.6 is 0 Å². The average Bonchev–Trinajstić information content (AvgIpc) is 2.72. The standard InChI is InChI=1S/C22H31NO6/c1-4-6-12-28-19-9-7-18(14-20(19)26-5-2)8-10-22(25)29-16-21(24)23-11-13-27-17(3)15-23/h7-10,14,17H,4-6,11-13,15-16H2,1-3H3/b10-8+. The van der Waals surface area contributed by atoms with E-state index >= 15 is 0 Å². The predicted octanol–water partition coefficient (Wildman–Crippen LogP) is 3.07. The van der Waals surface area contributed by atoms with Crippen molar-refractivity contribution < 1.29 is 28.5 Å². The maximum absolute atomic E-state index is 12.1. The normalized spacial score (nSPS) is 16.7. The quantitative estimate of drug-likeness (QED) is 0.338. The number of morpholine rings is 1. The number of ether oxygens (including phenoxy) is 4. The summed E-state index contributed by atoms with van der Waals surface area (Å²) >= 11 is 0. The van der Waals surface area contributed by atoms with Crippen molar-refractivity contribution in [2.24, 2.45) is 0 Å². The molecule has 29 heavy (non-hydrogen) atoms. The third-order valence-corrected chi connectivity index (χ3v) is 4.37. The van der Waals surface area contributed by atoms with Gasteiger partial charge < -0.3 is 23.8 Å². The monoisotopic (exact) mass is 405 g/mol. The summed E-state index contributed by atoms with van der Waals surface area (Å²) in [6.07, 6.45) is 4.96. The van der Waals surface area contributed by atoms with Gasteiger partial charge in [0.2, 0.25) is 0 Å². The second-order valence-corrected chi connectivity index (χ2v) is 6.80. The lowest BCUT2D eigenvalue weighted by Crippen LogP contribution is -2.46. The number of rotatable bonds is 10. The van der Waals surface area contributed by atoms with Crippen LogP contribution in [0.3, 0.4) is 0 Å². The fourth-order valence-electron chi connectivity index (χ4n) is 2.82. The molecule has 0 aliphatic carbocycles. The molecule has 7 heteroatoms.